The van der Waals surface area contributed by atoms with E-state index in [0.717, 1.165) is 23.9 Å². The van der Waals surface area contributed by atoms with Gasteiger partial charge < -0.3 is 15.5 Å². The quantitative estimate of drug-likeness (QED) is 0.861. The monoisotopic (exact) mass is 354 g/mol. The molecule has 6 nitrogen and oxygen atoms in total. The van der Waals surface area contributed by atoms with Crippen LogP contribution >= 0.6 is 15.9 Å². The Balaban J connectivity index is 2.23. The molecule has 2 rings (SSSR count). The van der Waals surface area contributed by atoms with Crippen molar-refractivity contribution in [1.29, 1.82) is 0 Å². The van der Waals surface area contributed by atoms with Crippen LogP contribution < -0.4 is 10.6 Å². The molecule has 114 valence electrons. The van der Waals surface area contributed by atoms with E-state index in [4.69, 9.17) is 0 Å². The summed E-state index contributed by atoms with van der Waals surface area (Å²) in [5.41, 5.74) is 0.493. The fourth-order valence-corrected chi connectivity index (χ4v) is 2.47. The van der Waals surface area contributed by atoms with Gasteiger partial charge in [0.25, 0.3) is 5.91 Å². The van der Waals surface area contributed by atoms with Crippen molar-refractivity contribution in [2.75, 3.05) is 31.5 Å². The maximum Gasteiger partial charge on any atom is 0.258 e. The molecule has 2 amide bonds. The lowest BCUT2D eigenvalue weighted by molar-refractivity contribution is -0.121. The number of carbonyl (C=O) groups is 2. The van der Waals surface area contributed by atoms with Crippen molar-refractivity contribution in [2.24, 2.45) is 0 Å². The Labute approximate surface area is 132 Å². The summed E-state index contributed by atoms with van der Waals surface area (Å²) in [5, 5.41) is 5.92. The van der Waals surface area contributed by atoms with Gasteiger partial charge in [0.05, 0.1) is 12.1 Å². The van der Waals surface area contributed by atoms with Crippen LogP contribution in [-0.2, 0) is 4.79 Å². The molecule has 1 aromatic heterocycles. The van der Waals surface area contributed by atoms with Gasteiger partial charge in [-0.1, -0.05) is 6.92 Å². The van der Waals surface area contributed by atoms with E-state index in [1.165, 1.54) is 0 Å². The highest BCUT2D eigenvalue weighted by Crippen LogP contribution is 2.20. The third-order valence-electron chi connectivity index (χ3n) is 3.18. The maximum atomic E-state index is 12.7. The normalized spacial score (nSPS) is 15.3. The largest absolute Gasteiger partial charge is 0.369 e. The molecule has 0 atom stereocenters. The zero-order valence-electron chi connectivity index (χ0n) is 12.0. The van der Waals surface area contributed by atoms with Crippen molar-refractivity contribution < 1.29 is 9.59 Å². The van der Waals surface area contributed by atoms with Crippen LogP contribution in [0.15, 0.2) is 16.7 Å². The fraction of sp³-hybridized carbons (Fsp3) is 0.500. The Morgan fingerprint density at radius 2 is 2.38 bits per heavy atom. The Morgan fingerprint density at radius 1 is 1.57 bits per heavy atom. The molecule has 0 aliphatic carbocycles. The lowest BCUT2D eigenvalue weighted by atomic mass is 10.2. The van der Waals surface area contributed by atoms with Gasteiger partial charge in [0, 0.05) is 30.3 Å². The van der Waals surface area contributed by atoms with Crippen LogP contribution in [0.4, 0.5) is 5.82 Å². The SMILES string of the molecule is CCCNc1ncc(Br)cc1C(=O)N1CCCNC(=O)C1. The number of hydrogen-bond donors (Lipinski definition) is 2. The van der Waals surface area contributed by atoms with Gasteiger partial charge >= 0.3 is 0 Å². The molecule has 1 aromatic rings. The summed E-state index contributed by atoms with van der Waals surface area (Å²) in [6.07, 6.45) is 3.36. The number of nitrogens with one attached hydrogen (secondary N) is 2. The Bertz CT molecular complexity index is 536. The van der Waals surface area contributed by atoms with Gasteiger partial charge in [0.2, 0.25) is 5.91 Å². The Hall–Kier alpha value is -1.63. The first-order chi connectivity index (χ1) is 10.1. The van der Waals surface area contributed by atoms with Gasteiger partial charge in [-0.05, 0) is 34.8 Å². The molecule has 1 saturated heterocycles. The molecule has 0 unspecified atom stereocenters. The number of aromatic nitrogens is 1. The van der Waals surface area contributed by atoms with E-state index >= 15 is 0 Å². The summed E-state index contributed by atoms with van der Waals surface area (Å²) in [5.74, 6) is 0.279. The van der Waals surface area contributed by atoms with E-state index < -0.39 is 0 Å². The van der Waals surface area contributed by atoms with Crippen LogP contribution in [0.5, 0.6) is 0 Å². The van der Waals surface area contributed by atoms with E-state index in [9.17, 15) is 9.59 Å². The van der Waals surface area contributed by atoms with Crippen LogP contribution in [0.2, 0.25) is 0 Å². The number of anilines is 1. The molecule has 0 saturated carbocycles. The number of carbonyl (C=O) groups excluding carboxylic acids is 2. The average molecular weight is 355 g/mol. The fourth-order valence-electron chi connectivity index (χ4n) is 2.14. The van der Waals surface area contributed by atoms with E-state index in [-0.39, 0.29) is 18.4 Å². The maximum absolute atomic E-state index is 12.7. The molecule has 2 N–H and O–H groups in total. The summed E-state index contributed by atoms with van der Waals surface area (Å²) in [6.45, 7) is 4.07. The number of amides is 2. The summed E-state index contributed by atoms with van der Waals surface area (Å²) in [7, 11) is 0. The van der Waals surface area contributed by atoms with Crippen molar-refractivity contribution in [3.05, 3.63) is 22.3 Å². The predicted molar refractivity (Wildman–Crippen MR) is 84.2 cm³/mol. The van der Waals surface area contributed by atoms with E-state index in [0.29, 0.717) is 24.5 Å². The van der Waals surface area contributed by atoms with E-state index in [1.54, 1.807) is 17.2 Å². The van der Waals surface area contributed by atoms with Crippen molar-refractivity contribution >= 4 is 33.6 Å². The summed E-state index contributed by atoms with van der Waals surface area (Å²) in [6, 6.07) is 1.75. The van der Waals surface area contributed by atoms with Gasteiger partial charge in [-0.25, -0.2) is 4.98 Å². The standard InChI is InChI=1S/C14H19BrN4O2/c1-2-4-17-13-11(7-10(15)8-18-13)14(21)19-6-3-5-16-12(20)9-19/h7-8H,2-6,9H2,1H3,(H,16,20)(H,17,18). The molecule has 21 heavy (non-hydrogen) atoms. The van der Waals surface area contributed by atoms with Gasteiger partial charge in [0.15, 0.2) is 0 Å². The van der Waals surface area contributed by atoms with Crippen molar-refractivity contribution in [3.63, 3.8) is 0 Å². The van der Waals surface area contributed by atoms with Crippen LogP contribution in [0, 0.1) is 0 Å². The molecule has 1 fully saturated rings. The summed E-state index contributed by atoms with van der Waals surface area (Å²) in [4.78, 5) is 30.1. The lowest BCUT2D eigenvalue weighted by Crippen LogP contribution is -2.37. The number of nitrogens with zero attached hydrogens (tertiary/aromatic N) is 2. The van der Waals surface area contributed by atoms with Crippen LogP contribution in [0.3, 0.4) is 0 Å². The smallest absolute Gasteiger partial charge is 0.258 e. The zero-order valence-corrected chi connectivity index (χ0v) is 13.6. The van der Waals surface area contributed by atoms with Gasteiger partial charge in [-0.2, -0.15) is 0 Å². The molecule has 0 radical (unpaired) electrons. The molecule has 7 heteroatoms. The van der Waals surface area contributed by atoms with Crippen molar-refractivity contribution in [2.45, 2.75) is 19.8 Å². The lowest BCUT2D eigenvalue weighted by Gasteiger charge is -2.20. The minimum absolute atomic E-state index is 0.0958. The molecule has 0 aromatic carbocycles. The highest BCUT2D eigenvalue weighted by atomic mass is 79.9. The zero-order chi connectivity index (χ0) is 15.2. The molecule has 2 heterocycles. The number of pyridine rings is 1. The minimum atomic E-state index is -0.167. The first kappa shape index (κ1) is 15.8. The molecule has 1 aliphatic heterocycles. The second-order valence-corrected chi connectivity index (χ2v) is 5.82. The van der Waals surface area contributed by atoms with Crippen LogP contribution in [0.1, 0.15) is 30.1 Å². The summed E-state index contributed by atoms with van der Waals surface area (Å²) >= 11 is 3.34. The second-order valence-electron chi connectivity index (χ2n) is 4.91. The van der Waals surface area contributed by atoms with Crippen LogP contribution in [0.25, 0.3) is 0 Å². The Morgan fingerprint density at radius 3 is 3.14 bits per heavy atom. The number of hydrogen-bond acceptors (Lipinski definition) is 4. The highest BCUT2D eigenvalue weighted by Gasteiger charge is 2.23. The first-order valence-electron chi connectivity index (χ1n) is 7.07. The third-order valence-corrected chi connectivity index (χ3v) is 3.61. The van der Waals surface area contributed by atoms with Crippen LogP contribution in [-0.4, -0.2) is 47.9 Å². The Kier molecular flexibility index (Phi) is 5.55. The number of halogens is 1. The third kappa shape index (κ3) is 4.17. The predicted octanol–water partition coefficient (Wildman–Crippen LogP) is 1.63. The average Bonchev–Trinajstić information content (AvgIpc) is 2.70. The van der Waals surface area contributed by atoms with Crippen molar-refractivity contribution in [1.82, 2.24) is 15.2 Å². The number of rotatable bonds is 4. The van der Waals surface area contributed by atoms with E-state index in [2.05, 4.69) is 31.5 Å². The second kappa shape index (κ2) is 7.40. The summed E-state index contributed by atoms with van der Waals surface area (Å²) < 4.78 is 0.743. The topological polar surface area (TPSA) is 74.3 Å². The molecular formula is C14H19BrN4O2. The molecular weight excluding hydrogens is 336 g/mol. The van der Waals surface area contributed by atoms with Gasteiger partial charge in [0.1, 0.15) is 5.82 Å². The molecule has 0 bridgehead atoms. The minimum Gasteiger partial charge on any atom is -0.369 e. The van der Waals surface area contributed by atoms with E-state index in [1.807, 2.05) is 6.92 Å². The first-order valence-corrected chi connectivity index (χ1v) is 7.86. The molecule has 1 aliphatic rings. The van der Waals surface area contributed by atoms with Gasteiger partial charge in [-0.3, -0.25) is 9.59 Å². The van der Waals surface area contributed by atoms with Gasteiger partial charge in [-0.15, -0.1) is 0 Å². The highest BCUT2D eigenvalue weighted by molar-refractivity contribution is 9.10. The van der Waals surface area contributed by atoms with Crippen molar-refractivity contribution in [3.8, 4) is 0 Å². The molecule has 0 spiro atoms.